The van der Waals surface area contributed by atoms with Crippen molar-refractivity contribution in [3.63, 3.8) is 0 Å². The first-order valence-electron chi connectivity index (χ1n) is 8.45. The van der Waals surface area contributed by atoms with Crippen molar-refractivity contribution in [1.82, 2.24) is 24.1 Å². The highest BCUT2D eigenvalue weighted by Crippen LogP contribution is 2.30. The van der Waals surface area contributed by atoms with Gasteiger partial charge in [-0.2, -0.15) is 5.10 Å². The van der Waals surface area contributed by atoms with Crippen LogP contribution < -0.4 is 5.32 Å². The number of fused-ring (bicyclic) bond motifs is 1. The third-order valence-corrected chi connectivity index (χ3v) is 6.19. The average Bonchev–Trinajstić information content (AvgIpc) is 3.26. The van der Waals surface area contributed by atoms with Crippen LogP contribution in [0, 0.1) is 0 Å². The number of aryl methyl sites for hydroxylation is 1. The van der Waals surface area contributed by atoms with Crippen LogP contribution in [0.25, 0.3) is 22.2 Å². The van der Waals surface area contributed by atoms with Gasteiger partial charge < -0.3 is 5.32 Å². The zero-order chi connectivity index (χ0) is 19.0. The Bertz CT molecular complexity index is 1210. The van der Waals surface area contributed by atoms with E-state index >= 15 is 0 Å². The zero-order valence-electron chi connectivity index (χ0n) is 15.0. The van der Waals surface area contributed by atoms with Crippen molar-refractivity contribution >= 4 is 20.9 Å². The Morgan fingerprint density at radius 1 is 1.15 bits per heavy atom. The van der Waals surface area contributed by atoms with Gasteiger partial charge >= 0.3 is 0 Å². The number of aromatic nitrogens is 4. The standard InChI is InChI=1S/C19H19N5O2S/c1-20-11-15-13-24(27(25,26)16-4-3-8-21-12-16)19-10-14(5-6-17(15)19)18-7-9-22-23(18)2/h3-10,12-13,20H,11H2,1-2H3. The molecule has 3 aromatic heterocycles. The minimum atomic E-state index is -3.75. The molecule has 27 heavy (non-hydrogen) atoms. The van der Waals surface area contributed by atoms with Gasteiger partial charge in [-0.1, -0.05) is 12.1 Å². The van der Waals surface area contributed by atoms with E-state index < -0.39 is 10.0 Å². The molecule has 138 valence electrons. The number of hydrogen-bond acceptors (Lipinski definition) is 5. The van der Waals surface area contributed by atoms with Crippen LogP contribution in [0.15, 0.2) is 66.1 Å². The van der Waals surface area contributed by atoms with Crippen molar-refractivity contribution < 1.29 is 8.42 Å². The minimum Gasteiger partial charge on any atom is -0.316 e. The van der Waals surface area contributed by atoms with Gasteiger partial charge in [-0.3, -0.25) is 9.67 Å². The Kier molecular flexibility index (Phi) is 4.29. The van der Waals surface area contributed by atoms with E-state index in [1.54, 1.807) is 35.4 Å². The van der Waals surface area contributed by atoms with Crippen LogP contribution >= 0.6 is 0 Å². The van der Waals surface area contributed by atoms with Crippen LogP contribution in [-0.4, -0.2) is 34.2 Å². The van der Waals surface area contributed by atoms with E-state index in [0.29, 0.717) is 12.1 Å². The molecular formula is C19H19N5O2S. The third kappa shape index (κ3) is 2.92. The van der Waals surface area contributed by atoms with E-state index in [9.17, 15) is 8.42 Å². The van der Waals surface area contributed by atoms with E-state index in [1.165, 1.54) is 10.2 Å². The van der Waals surface area contributed by atoms with E-state index in [4.69, 9.17) is 0 Å². The van der Waals surface area contributed by atoms with Crippen molar-refractivity contribution in [3.05, 3.63) is 66.7 Å². The second-order valence-corrected chi connectivity index (χ2v) is 8.06. The predicted molar refractivity (Wildman–Crippen MR) is 104 cm³/mol. The Labute approximate surface area is 157 Å². The molecular weight excluding hydrogens is 362 g/mol. The smallest absolute Gasteiger partial charge is 0.269 e. The largest absolute Gasteiger partial charge is 0.316 e. The fourth-order valence-corrected chi connectivity index (χ4v) is 4.57. The number of benzene rings is 1. The number of nitrogens with zero attached hydrogens (tertiary/aromatic N) is 4. The van der Waals surface area contributed by atoms with Crippen molar-refractivity contribution in [3.8, 4) is 11.3 Å². The summed E-state index contributed by atoms with van der Waals surface area (Å²) in [7, 11) is -0.0602. The lowest BCUT2D eigenvalue weighted by molar-refractivity contribution is 0.588. The van der Waals surface area contributed by atoms with Gasteiger partial charge in [-0.15, -0.1) is 0 Å². The van der Waals surface area contributed by atoms with E-state index in [2.05, 4.69) is 15.4 Å². The number of rotatable bonds is 5. The summed E-state index contributed by atoms with van der Waals surface area (Å²) in [6, 6.07) is 10.9. The molecule has 0 atom stereocenters. The molecule has 0 saturated carbocycles. The molecule has 4 rings (SSSR count). The van der Waals surface area contributed by atoms with Gasteiger partial charge in [0.1, 0.15) is 4.90 Å². The molecule has 8 heteroatoms. The first-order chi connectivity index (χ1) is 13.0. The lowest BCUT2D eigenvalue weighted by Gasteiger charge is -2.08. The normalized spacial score (nSPS) is 11.9. The summed E-state index contributed by atoms with van der Waals surface area (Å²) in [6.07, 6.45) is 6.32. The van der Waals surface area contributed by atoms with E-state index in [0.717, 1.165) is 22.2 Å². The highest BCUT2D eigenvalue weighted by molar-refractivity contribution is 7.90. The minimum absolute atomic E-state index is 0.156. The van der Waals surface area contributed by atoms with Crippen LogP contribution in [0.1, 0.15) is 5.56 Å². The summed E-state index contributed by atoms with van der Waals surface area (Å²) in [5, 5.41) is 8.19. The lowest BCUT2D eigenvalue weighted by Crippen LogP contribution is -2.12. The molecule has 0 radical (unpaired) electrons. The molecule has 0 unspecified atom stereocenters. The average molecular weight is 381 g/mol. The van der Waals surface area contributed by atoms with Crippen LogP contribution in [0.4, 0.5) is 0 Å². The number of pyridine rings is 1. The molecule has 0 bridgehead atoms. The Morgan fingerprint density at radius 3 is 2.67 bits per heavy atom. The highest BCUT2D eigenvalue weighted by Gasteiger charge is 2.22. The maximum Gasteiger partial charge on any atom is 0.269 e. The summed E-state index contributed by atoms with van der Waals surface area (Å²) in [5.41, 5.74) is 3.36. The van der Waals surface area contributed by atoms with E-state index in [1.807, 2.05) is 38.4 Å². The SMILES string of the molecule is CNCc1cn(S(=O)(=O)c2cccnc2)c2cc(-c3ccnn3C)ccc12. The maximum atomic E-state index is 13.2. The molecule has 4 aromatic rings. The van der Waals surface area contributed by atoms with Gasteiger partial charge in [0.2, 0.25) is 0 Å². The van der Waals surface area contributed by atoms with Gasteiger partial charge in [0.25, 0.3) is 10.0 Å². The van der Waals surface area contributed by atoms with Crippen LogP contribution in [0.2, 0.25) is 0 Å². The monoisotopic (exact) mass is 381 g/mol. The Hall–Kier alpha value is -2.97. The molecule has 0 fully saturated rings. The second kappa shape index (κ2) is 6.64. The highest BCUT2D eigenvalue weighted by atomic mass is 32.2. The number of nitrogens with one attached hydrogen (secondary N) is 1. The van der Waals surface area contributed by atoms with Crippen molar-refractivity contribution in [2.24, 2.45) is 7.05 Å². The summed E-state index contributed by atoms with van der Waals surface area (Å²) in [5.74, 6) is 0. The van der Waals surface area contributed by atoms with Crippen LogP contribution in [-0.2, 0) is 23.6 Å². The van der Waals surface area contributed by atoms with Gasteiger partial charge in [0, 0.05) is 49.3 Å². The van der Waals surface area contributed by atoms with Gasteiger partial charge in [0.15, 0.2) is 0 Å². The van der Waals surface area contributed by atoms with Crippen LogP contribution in [0.3, 0.4) is 0 Å². The zero-order valence-corrected chi connectivity index (χ0v) is 15.8. The summed E-state index contributed by atoms with van der Waals surface area (Å²) in [4.78, 5) is 4.11. The topological polar surface area (TPSA) is 81.8 Å². The van der Waals surface area contributed by atoms with Gasteiger partial charge in [-0.05, 0) is 36.9 Å². The number of hydrogen-bond donors (Lipinski definition) is 1. The second-order valence-electron chi connectivity index (χ2n) is 6.25. The molecule has 1 N–H and O–H groups in total. The van der Waals surface area contributed by atoms with Crippen molar-refractivity contribution in [1.29, 1.82) is 0 Å². The molecule has 0 aliphatic rings. The molecule has 7 nitrogen and oxygen atoms in total. The molecule has 0 aliphatic heterocycles. The quantitative estimate of drug-likeness (QED) is 0.574. The fraction of sp³-hybridized carbons (Fsp3) is 0.158. The molecule has 0 amide bonds. The van der Waals surface area contributed by atoms with E-state index in [-0.39, 0.29) is 4.90 Å². The predicted octanol–water partition coefficient (Wildman–Crippen LogP) is 2.39. The molecule has 0 aliphatic carbocycles. The summed E-state index contributed by atoms with van der Waals surface area (Å²) >= 11 is 0. The molecule has 0 spiro atoms. The molecule has 1 aromatic carbocycles. The van der Waals surface area contributed by atoms with Gasteiger partial charge in [-0.25, -0.2) is 12.4 Å². The van der Waals surface area contributed by atoms with Crippen molar-refractivity contribution in [2.45, 2.75) is 11.4 Å². The summed E-state index contributed by atoms with van der Waals surface area (Å²) in [6.45, 7) is 0.567. The molecule has 0 saturated heterocycles. The molecule has 3 heterocycles. The lowest BCUT2D eigenvalue weighted by atomic mass is 10.1. The van der Waals surface area contributed by atoms with Crippen molar-refractivity contribution in [2.75, 3.05) is 7.05 Å². The van der Waals surface area contributed by atoms with Crippen LogP contribution in [0.5, 0.6) is 0 Å². The Morgan fingerprint density at radius 2 is 2.00 bits per heavy atom. The fourth-order valence-electron chi connectivity index (χ4n) is 3.23. The first-order valence-corrected chi connectivity index (χ1v) is 9.89. The first kappa shape index (κ1) is 17.4. The van der Waals surface area contributed by atoms with Gasteiger partial charge in [0.05, 0.1) is 11.2 Å². The third-order valence-electron chi connectivity index (χ3n) is 4.53. The maximum absolute atomic E-state index is 13.2. The Balaban J connectivity index is 1.98. The summed E-state index contributed by atoms with van der Waals surface area (Å²) < 4.78 is 29.5.